The number of piperidine rings is 1. The highest BCUT2D eigenvalue weighted by molar-refractivity contribution is 5.94. The average Bonchev–Trinajstić information content (AvgIpc) is 2.89. The third-order valence-corrected chi connectivity index (χ3v) is 4.36. The highest BCUT2D eigenvalue weighted by Gasteiger charge is 2.30. The monoisotopic (exact) mass is 333 g/mol. The van der Waals surface area contributed by atoms with E-state index in [2.05, 4.69) is 4.98 Å². The Morgan fingerprint density at radius 1 is 1.33 bits per heavy atom. The van der Waals surface area contributed by atoms with Crippen LogP contribution in [0.5, 0.6) is 0 Å². The highest BCUT2D eigenvalue weighted by atomic mass is 19.1. The number of likely N-dealkylation sites (tertiary alicyclic amines) is 1. The number of pyridine rings is 1. The fraction of sp³-hybridized carbons (Fsp3) is 0.471. The minimum atomic E-state index is -0.421. The van der Waals surface area contributed by atoms with Gasteiger partial charge in [-0.1, -0.05) is 0 Å². The fourth-order valence-corrected chi connectivity index (χ4v) is 3.12. The van der Waals surface area contributed by atoms with E-state index in [9.17, 15) is 14.0 Å². The number of imidazole rings is 1. The lowest BCUT2D eigenvalue weighted by Crippen LogP contribution is -2.41. The molecule has 0 N–H and O–H groups in total. The van der Waals surface area contributed by atoms with Gasteiger partial charge in [-0.2, -0.15) is 0 Å². The second-order valence-electron chi connectivity index (χ2n) is 5.94. The molecule has 0 aliphatic carbocycles. The smallest absolute Gasteiger partial charge is 0.309 e. The molecule has 2 aromatic rings. The maximum atomic E-state index is 13.5. The number of amides is 1. The molecule has 1 aliphatic rings. The average molecular weight is 333 g/mol. The van der Waals surface area contributed by atoms with E-state index < -0.39 is 5.82 Å². The normalized spacial score (nSPS) is 15.7. The van der Waals surface area contributed by atoms with Gasteiger partial charge in [-0.3, -0.25) is 14.0 Å². The van der Waals surface area contributed by atoms with Gasteiger partial charge < -0.3 is 9.64 Å². The van der Waals surface area contributed by atoms with E-state index in [1.165, 1.54) is 16.7 Å². The Labute approximate surface area is 139 Å². The topological polar surface area (TPSA) is 63.9 Å². The van der Waals surface area contributed by atoms with Crippen molar-refractivity contribution in [3.05, 3.63) is 35.5 Å². The number of hydrogen-bond acceptors (Lipinski definition) is 4. The number of aryl methyl sites for hydroxylation is 1. The summed E-state index contributed by atoms with van der Waals surface area (Å²) in [6.45, 7) is 4.84. The van der Waals surface area contributed by atoms with Gasteiger partial charge in [-0.25, -0.2) is 9.37 Å². The number of esters is 1. The molecule has 24 heavy (non-hydrogen) atoms. The predicted molar refractivity (Wildman–Crippen MR) is 85.1 cm³/mol. The van der Waals surface area contributed by atoms with Crippen LogP contribution in [-0.2, 0) is 9.53 Å². The zero-order valence-corrected chi connectivity index (χ0v) is 13.8. The lowest BCUT2D eigenvalue weighted by Gasteiger charge is -2.30. The van der Waals surface area contributed by atoms with Crippen molar-refractivity contribution in [1.29, 1.82) is 0 Å². The summed E-state index contributed by atoms with van der Waals surface area (Å²) in [6.07, 6.45) is 2.43. The SMILES string of the molecule is CCOC(=O)C1CCN(C(=O)c2c(C)nc3ccc(F)cn23)CC1. The molecule has 3 heterocycles. The minimum absolute atomic E-state index is 0.158. The lowest BCUT2D eigenvalue weighted by molar-refractivity contribution is -0.149. The van der Waals surface area contributed by atoms with Gasteiger partial charge in [-0.15, -0.1) is 0 Å². The number of nitrogens with zero attached hydrogens (tertiary/aromatic N) is 3. The van der Waals surface area contributed by atoms with E-state index in [1.807, 2.05) is 0 Å². The van der Waals surface area contributed by atoms with Crippen molar-refractivity contribution in [2.75, 3.05) is 19.7 Å². The Morgan fingerprint density at radius 2 is 2.04 bits per heavy atom. The molecule has 0 atom stereocenters. The van der Waals surface area contributed by atoms with Crippen molar-refractivity contribution in [1.82, 2.24) is 14.3 Å². The van der Waals surface area contributed by atoms with Crippen molar-refractivity contribution in [2.45, 2.75) is 26.7 Å². The van der Waals surface area contributed by atoms with Gasteiger partial charge in [0.25, 0.3) is 5.91 Å². The second-order valence-corrected chi connectivity index (χ2v) is 5.94. The van der Waals surface area contributed by atoms with Gasteiger partial charge in [0, 0.05) is 19.3 Å². The van der Waals surface area contributed by atoms with E-state index in [0.29, 0.717) is 49.6 Å². The lowest BCUT2D eigenvalue weighted by atomic mass is 9.97. The van der Waals surface area contributed by atoms with Gasteiger partial charge in [0.1, 0.15) is 17.2 Å². The van der Waals surface area contributed by atoms with Gasteiger partial charge in [0.05, 0.1) is 18.2 Å². The summed E-state index contributed by atoms with van der Waals surface area (Å²) < 4.78 is 20.1. The fourth-order valence-electron chi connectivity index (χ4n) is 3.12. The molecular weight excluding hydrogens is 313 g/mol. The zero-order valence-electron chi connectivity index (χ0n) is 13.8. The van der Waals surface area contributed by atoms with E-state index in [1.54, 1.807) is 24.8 Å². The van der Waals surface area contributed by atoms with Crippen LogP contribution in [0.15, 0.2) is 18.3 Å². The molecule has 0 saturated carbocycles. The van der Waals surface area contributed by atoms with Crippen LogP contribution in [0.2, 0.25) is 0 Å². The van der Waals surface area contributed by atoms with E-state index in [0.717, 1.165) is 0 Å². The molecule has 1 fully saturated rings. The summed E-state index contributed by atoms with van der Waals surface area (Å²) in [5.74, 6) is -0.963. The predicted octanol–water partition coefficient (Wildman–Crippen LogP) is 2.20. The number of carbonyl (C=O) groups excluding carboxylic acids is 2. The molecule has 0 aromatic carbocycles. The first-order valence-corrected chi connectivity index (χ1v) is 8.11. The number of rotatable bonds is 3. The van der Waals surface area contributed by atoms with Crippen LogP contribution in [0.4, 0.5) is 4.39 Å². The van der Waals surface area contributed by atoms with Gasteiger partial charge >= 0.3 is 5.97 Å². The van der Waals surface area contributed by atoms with Crippen LogP contribution in [0, 0.1) is 18.7 Å². The van der Waals surface area contributed by atoms with Crippen LogP contribution in [0.25, 0.3) is 5.65 Å². The van der Waals surface area contributed by atoms with Crippen LogP contribution in [-0.4, -0.2) is 45.9 Å². The van der Waals surface area contributed by atoms with Crippen molar-refractivity contribution in [3.63, 3.8) is 0 Å². The maximum absolute atomic E-state index is 13.5. The molecule has 7 heteroatoms. The molecule has 3 rings (SSSR count). The summed E-state index contributed by atoms with van der Waals surface area (Å²) in [5.41, 5.74) is 1.48. The molecule has 1 amide bonds. The molecule has 0 spiro atoms. The molecule has 0 radical (unpaired) electrons. The highest BCUT2D eigenvalue weighted by Crippen LogP contribution is 2.22. The Morgan fingerprint density at radius 3 is 2.71 bits per heavy atom. The molecule has 1 aliphatic heterocycles. The standard InChI is InChI=1S/C17H20FN3O3/c1-3-24-17(23)12-6-8-20(9-7-12)16(22)15-11(2)19-14-5-4-13(18)10-21(14)15/h4-5,10,12H,3,6-9H2,1-2H3. The number of ether oxygens (including phenoxy) is 1. The quantitative estimate of drug-likeness (QED) is 0.808. The third kappa shape index (κ3) is 2.98. The summed E-state index contributed by atoms with van der Waals surface area (Å²) in [5, 5.41) is 0. The van der Waals surface area contributed by atoms with Crippen LogP contribution in [0.3, 0.4) is 0 Å². The van der Waals surface area contributed by atoms with Crippen LogP contribution >= 0.6 is 0 Å². The third-order valence-electron chi connectivity index (χ3n) is 4.36. The van der Waals surface area contributed by atoms with Crippen LogP contribution < -0.4 is 0 Å². The minimum Gasteiger partial charge on any atom is -0.466 e. The van der Waals surface area contributed by atoms with Gasteiger partial charge in [0.15, 0.2) is 0 Å². The Balaban J connectivity index is 1.78. The van der Waals surface area contributed by atoms with Crippen molar-refractivity contribution >= 4 is 17.5 Å². The molecule has 128 valence electrons. The summed E-state index contributed by atoms with van der Waals surface area (Å²) in [7, 11) is 0. The number of hydrogen-bond donors (Lipinski definition) is 0. The van der Waals surface area contributed by atoms with Crippen molar-refractivity contribution < 1.29 is 18.7 Å². The number of fused-ring (bicyclic) bond motifs is 1. The first kappa shape index (κ1) is 16.4. The van der Waals surface area contributed by atoms with Crippen molar-refractivity contribution in [2.24, 2.45) is 5.92 Å². The molecular formula is C17H20FN3O3. The first-order chi connectivity index (χ1) is 11.5. The molecule has 0 bridgehead atoms. The first-order valence-electron chi connectivity index (χ1n) is 8.11. The van der Waals surface area contributed by atoms with Crippen LogP contribution in [0.1, 0.15) is 35.9 Å². The van der Waals surface area contributed by atoms with E-state index in [-0.39, 0.29) is 17.8 Å². The Hall–Kier alpha value is -2.44. The number of aromatic nitrogens is 2. The Bertz CT molecular complexity index is 779. The molecule has 2 aromatic heterocycles. The Kier molecular flexibility index (Phi) is 4.51. The summed E-state index contributed by atoms with van der Waals surface area (Å²) >= 11 is 0. The van der Waals surface area contributed by atoms with E-state index >= 15 is 0 Å². The number of carbonyl (C=O) groups is 2. The van der Waals surface area contributed by atoms with Crippen molar-refractivity contribution in [3.8, 4) is 0 Å². The maximum Gasteiger partial charge on any atom is 0.309 e. The second kappa shape index (κ2) is 6.59. The van der Waals surface area contributed by atoms with E-state index in [4.69, 9.17) is 4.74 Å². The molecule has 6 nitrogen and oxygen atoms in total. The molecule has 1 saturated heterocycles. The summed E-state index contributed by atoms with van der Waals surface area (Å²) in [6, 6.07) is 2.87. The largest absolute Gasteiger partial charge is 0.466 e. The van der Waals surface area contributed by atoms with Gasteiger partial charge in [0.2, 0.25) is 0 Å². The summed E-state index contributed by atoms with van der Waals surface area (Å²) in [4.78, 5) is 30.6. The zero-order chi connectivity index (χ0) is 17.3. The van der Waals surface area contributed by atoms with Gasteiger partial charge in [-0.05, 0) is 38.8 Å². The number of halogens is 1. The molecule has 0 unspecified atom stereocenters.